The molecule has 82 valence electrons. The Morgan fingerprint density at radius 3 is 2.13 bits per heavy atom. The van der Waals surface area contributed by atoms with Crippen LogP contribution in [0.5, 0.6) is 0 Å². The first-order chi connectivity index (χ1) is 7.19. The Morgan fingerprint density at radius 2 is 1.73 bits per heavy atom. The second kappa shape index (κ2) is 7.98. The van der Waals surface area contributed by atoms with Crippen LogP contribution in [-0.2, 0) is 0 Å². The van der Waals surface area contributed by atoms with E-state index in [0.717, 1.165) is 17.0 Å². The number of aromatic nitrogens is 1. The normalized spacial score (nSPS) is 8.73. The average Bonchev–Trinajstić information content (AvgIpc) is 2.29. The van der Waals surface area contributed by atoms with E-state index < -0.39 is 0 Å². The summed E-state index contributed by atoms with van der Waals surface area (Å²) < 4.78 is 0. The largest absolute Gasteiger partial charge is 0.253 e. The molecule has 1 heterocycles. The molecule has 0 atom stereocenters. The first-order valence-electron chi connectivity index (χ1n) is 5.42. The number of unbranched alkanes of at least 4 members (excludes halogenated alkanes) is 1. The molecule has 0 N–H and O–H groups in total. The van der Waals surface area contributed by atoms with Crippen LogP contribution >= 0.6 is 0 Å². The van der Waals surface area contributed by atoms with Crippen LogP contribution in [0.2, 0.25) is 0 Å². The lowest BCUT2D eigenvalue weighted by Gasteiger charge is -1.99. The molecule has 0 fully saturated rings. The number of hydrogen-bond donors (Lipinski definition) is 0. The zero-order valence-electron chi connectivity index (χ0n) is 10.1. The molecule has 0 aliphatic carbocycles. The highest BCUT2D eigenvalue weighted by Gasteiger charge is 1.95. The maximum absolute atomic E-state index is 4.27. The lowest BCUT2D eigenvalue weighted by Crippen LogP contribution is -1.88. The van der Waals surface area contributed by atoms with Gasteiger partial charge in [0.1, 0.15) is 0 Å². The molecule has 1 aromatic heterocycles. The summed E-state index contributed by atoms with van der Waals surface area (Å²) in [5.41, 5.74) is 2.94. The van der Waals surface area contributed by atoms with Crippen molar-refractivity contribution in [2.75, 3.05) is 0 Å². The molecule has 1 aromatic rings. The minimum atomic E-state index is 0.903. The molecule has 0 saturated carbocycles. The van der Waals surface area contributed by atoms with Crippen LogP contribution in [0.1, 0.15) is 43.6 Å². The maximum Gasteiger partial charge on any atom is 0.0699 e. The SMILES string of the molecule is C=Cc1ccc(C)nc1C=C.CCCC. The van der Waals surface area contributed by atoms with Crippen LogP contribution in [0.15, 0.2) is 25.3 Å². The highest BCUT2D eigenvalue weighted by Crippen LogP contribution is 2.09. The number of aryl methyl sites for hydroxylation is 1. The van der Waals surface area contributed by atoms with Gasteiger partial charge in [0.2, 0.25) is 0 Å². The van der Waals surface area contributed by atoms with Crippen LogP contribution in [-0.4, -0.2) is 4.98 Å². The van der Waals surface area contributed by atoms with Crippen molar-refractivity contribution in [3.63, 3.8) is 0 Å². The van der Waals surface area contributed by atoms with Crippen LogP contribution in [0.3, 0.4) is 0 Å². The first-order valence-corrected chi connectivity index (χ1v) is 5.42. The molecule has 15 heavy (non-hydrogen) atoms. The molecule has 0 aliphatic heterocycles. The van der Waals surface area contributed by atoms with E-state index in [-0.39, 0.29) is 0 Å². The summed E-state index contributed by atoms with van der Waals surface area (Å²) >= 11 is 0. The summed E-state index contributed by atoms with van der Waals surface area (Å²) in [4.78, 5) is 4.27. The number of pyridine rings is 1. The van der Waals surface area contributed by atoms with Crippen molar-refractivity contribution in [1.29, 1.82) is 0 Å². The second-order valence-electron chi connectivity index (χ2n) is 3.34. The van der Waals surface area contributed by atoms with Crippen molar-refractivity contribution in [3.8, 4) is 0 Å². The first kappa shape index (κ1) is 13.6. The van der Waals surface area contributed by atoms with Crippen molar-refractivity contribution in [2.45, 2.75) is 33.6 Å². The zero-order chi connectivity index (χ0) is 11.7. The monoisotopic (exact) mass is 203 g/mol. The molecule has 0 aromatic carbocycles. The highest BCUT2D eigenvalue weighted by molar-refractivity contribution is 5.60. The Kier molecular flexibility index (Phi) is 7.25. The van der Waals surface area contributed by atoms with Gasteiger partial charge >= 0.3 is 0 Å². The van der Waals surface area contributed by atoms with Gasteiger partial charge in [-0.2, -0.15) is 0 Å². The van der Waals surface area contributed by atoms with E-state index in [0.29, 0.717) is 0 Å². The van der Waals surface area contributed by atoms with Gasteiger partial charge in [0.05, 0.1) is 5.69 Å². The Hall–Kier alpha value is -1.37. The van der Waals surface area contributed by atoms with Crippen LogP contribution in [0.4, 0.5) is 0 Å². The molecule has 0 amide bonds. The Balaban J connectivity index is 0.000000423. The van der Waals surface area contributed by atoms with Gasteiger partial charge in [0.15, 0.2) is 0 Å². The lowest BCUT2D eigenvalue weighted by atomic mass is 10.2. The van der Waals surface area contributed by atoms with E-state index in [1.165, 1.54) is 12.8 Å². The van der Waals surface area contributed by atoms with Crippen molar-refractivity contribution < 1.29 is 0 Å². The van der Waals surface area contributed by atoms with E-state index >= 15 is 0 Å². The molecular formula is C14H21N. The van der Waals surface area contributed by atoms with Crippen molar-refractivity contribution in [2.24, 2.45) is 0 Å². The van der Waals surface area contributed by atoms with Gasteiger partial charge in [-0.05, 0) is 24.6 Å². The topological polar surface area (TPSA) is 12.9 Å². The van der Waals surface area contributed by atoms with Crippen LogP contribution < -0.4 is 0 Å². The maximum atomic E-state index is 4.27. The third-order valence-electron chi connectivity index (χ3n) is 2.01. The van der Waals surface area contributed by atoms with Gasteiger partial charge in [-0.25, -0.2) is 0 Å². The smallest absolute Gasteiger partial charge is 0.0699 e. The predicted octanol–water partition coefficient (Wildman–Crippen LogP) is 4.48. The highest BCUT2D eigenvalue weighted by atomic mass is 14.7. The fourth-order valence-corrected chi connectivity index (χ4v) is 0.924. The fourth-order valence-electron chi connectivity index (χ4n) is 0.924. The molecular weight excluding hydrogens is 182 g/mol. The molecule has 0 unspecified atom stereocenters. The van der Waals surface area contributed by atoms with Crippen molar-refractivity contribution in [3.05, 3.63) is 42.2 Å². The minimum absolute atomic E-state index is 0.903. The number of rotatable bonds is 3. The zero-order valence-corrected chi connectivity index (χ0v) is 10.1. The summed E-state index contributed by atoms with van der Waals surface area (Å²) in [5, 5.41) is 0. The van der Waals surface area contributed by atoms with Crippen LogP contribution in [0.25, 0.3) is 12.2 Å². The van der Waals surface area contributed by atoms with E-state index in [9.17, 15) is 0 Å². The number of nitrogens with zero attached hydrogens (tertiary/aromatic N) is 1. The van der Waals surface area contributed by atoms with Gasteiger partial charge in [-0.3, -0.25) is 4.98 Å². The molecule has 1 nitrogen and oxygen atoms in total. The van der Waals surface area contributed by atoms with Gasteiger partial charge in [-0.15, -0.1) is 0 Å². The van der Waals surface area contributed by atoms with E-state index in [2.05, 4.69) is 32.0 Å². The van der Waals surface area contributed by atoms with Gasteiger partial charge < -0.3 is 0 Å². The quantitative estimate of drug-likeness (QED) is 0.705. The third-order valence-corrected chi connectivity index (χ3v) is 2.01. The Bertz CT molecular complexity index is 311. The molecule has 0 bridgehead atoms. The number of hydrogen-bond acceptors (Lipinski definition) is 1. The van der Waals surface area contributed by atoms with Gasteiger partial charge in [0, 0.05) is 5.69 Å². The second-order valence-corrected chi connectivity index (χ2v) is 3.34. The van der Waals surface area contributed by atoms with E-state index in [1.54, 1.807) is 12.2 Å². The minimum Gasteiger partial charge on any atom is -0.253 e. The lowest BCUT2D eigenvalue weighted by molar-refractivity contribution is 0.886. The van der Waals surface area contributed by atoms with Gasteiger partial charge in [-0.1, -0.05) is 52.0 Å². The van der Waals surface area contributed by atoms with Crippen LogP contribution in [0, 0.1) is 6.92 Å². The summed E-state index contributed by atoms with van der Waals surface area (Å²) in [6, 6.07) is 3.95. The predicted molar refractivity (Wildman–Crippen MR) is 69.7 cm³/mol. The summed E-state index contributed by atoms with van der Waals surface area (Å²) in [6.45, 7) is 13.7. The van der Waals surface area contributed by atoms with Gasteiger partial charge in [0.25, 0.3) is 0 Å². The van der Waals surface area contributed by atoms with E-state index in [1.807, 2.05) is 19.1 Å². The van der Waals surface area contributed by atoms with Crippen molar-refractivity contribution >= 4 is 12.2 Å². The molecule has 1 rings (SSSR count). The molecule has 1 heteroatoms. The van der Waals surface area contributed by atoms with E-state index in [4.69, 9.17) is 0 Å². The average molecular weight is 203 g/mol. The third kappa shape index (κ3) is 5.16. The molecule has 0 saturated heterocycles. The molecule has 0 aliphatic rings. The standard InChI is InChI=1S/C10H11N.C4H10/c1-4-9-7-6-8(3)11-10(9)5-2;1-3-4-2/h4-7H,1-2H2,3H3;3-4H2,1-2H3. The summed E-state index contributed by atoms with van der Waals surface area (Å²) in [5.74, 6) is 0. The fraction of sp³-hybridized carbons (Fsp3) is 0.357. The summed E-state index contributed by atoms with van der Waals surface area (Å²) in [6.07, 6.45) is 6.16. The molecule has 0 spiro atoms. The molecule has 0 radical (unpaired) electrons. The van der Waals surface area contributed by atoms with Crippen molar-refractivity contribution in [1.82, 2.24) is 4.98 Å². The summed E-state index contributed by atoms with van der Waals surface area (Å²) in [7, 11) is 0. The Labute approximate surface area is 93.6 Å². The Morgan fingerprint density at radius 1 is 1.13 bits per heavy atom.